The van der Waals surface area contributed by atoms with Crippen LogP contribution in [0.3, 0.4) is 0 Å². The molecule has 0 saturated heterocycles. The van der Waals surface area contributed by atoms with Crippen LogP contribution in [0.1, 0.15) is 31.0 Å². The summed E-state index contributed by atoms with van der Waals surface area (Å²) in [6.45, 7) is 4.23. The van der Waals surface area contributed by atoms with Gasteiger partial charge in [0, 0.05) is 5.56 Å². The van der Waals surface area contributed by atoms with E-state index in [2.05, 4.69) is 5.32 Å². The Balaban J connectivity index is 1.91. The van der Waals surface area contributed by atoms with Crippen molar-refractivity contribution in [2.75, 3.05) is 6.61 Å². The molecule has 0 aliphatic rings. The second-order valence-corrected chi connectivity index (χ2v) is 8.99. The van der Waals surface area contributed by atoms with E-state index in [1.165, 1.54) is 4.57 Å². The number of para-hydroxylation sites is 2. The number of aromatic nitrogens is 1. The zero-order valence-electron chi connectivity index (χ0n) is 20.0. The summed E-state index contributed by atoms with van der Waals surface area (Å²) in [6, 6.07) is 27.6. The number of benzene rings is 3. The van der Waals surface area contributed by atoms with Crippen LogP contribution in [0.5, 0.6) is 5.75 Å². The smallest absolute Gasteiger partial charge is 0.273 e. The van der Waals surface area contributed by atoms with Crippen LogP contribution in [0.15, 0.2) is 89.7 Å². The first-order valence-electron chi connectivity index (χ1n) is 11.5. The highest BCUT2D eigenvalue weighted by atomic mass is 32.1. The van der Waals surface area contributed by atoms with Crippen molar-refractivity contribution in [1.82, 2.24) is 9.88 Å². The normalized spacial score (nSPS) is 13.0. The van der Waals surface area contributed by atoms with Crippen LogP contribution >= 0.6 is 11.3 Å². The van der Waals surface area contributed by atoms with Crippen LogP contribution < -0.4 is 24.8 Å². The van der Waals surface area contributed by atoms with Gasteiger partial charge in [-0.25, -0.2) is 0 Å². The lowest BCUT2D eigenvalue weighted by Gasteiger charge is -2.13. The summed E-state index contributed by atoms with van der Waals surface area (Å²) in [7, 11) is 0. The predicted molar refractivity (Wildman–Crippen MR) is 142 cm³/mol. The molecule has 1 heterocycles. The quantitative estimate of drug-likeness (QED) is 0.424. The van der Waals surface area contributed by atoms with Gasteiger partial charge in [0.1, 0.15) is 16.5 Å². The second kappa shape index (κ2) is 11.3. The van der Waals surface area contributed by atoms with Crippen molar-refractivity contribution >= 4 is 28.9 Å². The molecule has 0 fully saturated rings. The van der Waals surface area contributed by atoms with E-state index in [0.717, 1.165) is 22.5 Å². The number of carbonyl (C=O) groups excluding carboxylic acids is 1. The van der Waals surface area contributed by atoms with Crippen LogP contribution in [0.2, 0.25) is 0 Å². The molecule has 1 atom stereocenters. The highest BCUT2D eigenvalue weighted by Gasteiger charge is 2.19. The second-order valence-electron chi connectivity index (χ2n) is 7.96. The Labute approximate surface area is 213 Å². The molecule has 0 bridgehead atoms. The third kappa shape index (κ3) is 5.29. The predicted octanol–water partition coefficient (Wildman–Crippen LogP) is 3.68. The fraction of sp³-hybridized carbons (Fsp3) is 0.138. The number of ether oxygens (including phenoxy) is 1. The molecule has 0 aliphatic carbocycles. The monoisotopic (exact) mass is 495 g/mol. The first-order valence-corrected chi connectivity index (χ1v) is 12.4. The number of thiazole rings is 1. The minimum absolute atomic E-state index is 0.124. The van der Waals surface area contributed by atoms with E-state index in [1.54, 1.807) is 30.3 Å². The molecule has 0 spiro atoms. The van der Waals surface area contributed by atoms with Gasteiger partial charge in [-0.15, -0.1) is 11.3 Å². The molecule has 4 rings (SSSR count). The minimum atomic E-state index is -0.541. The van der Waals surface area contributed by atoms with Gasteiger partial charge in [-0.2, -0.15) is 5.26 Å². The molecule has 0 aliphatic heterocycles. The molecule has 36 heavy (non-hydrogen) atoms. The van der Waals surface area contributed by atoms with Gasteiger partial charge in [-0.05, 0) is 43.7 Å². The summed E-state index contributed by atoms with van der Waals surface area (Å²) in [5, 5.41) is 12.9. The van der Waals surface area contributed by atoms with Gasteiger partial charge in [-0.1, -0.05) is 66.7 Å². The number of carbonyl (C=O) groups is 1. The standard InChI is InChI=1S/C29H25N3O3S/c1-3-35-25-17-11-10-14-22(25)18-26-28(34)32(23-15-8-5-9-16-23)29(36-26)24(19-30)27(33)31-20(2)21-12-6-4-7-13-21/h4-18,20H,3H2,1-2H3,(H,31,33)/b26-18-,29-24+/t20-/m1/s1. The maximum atomic E-state index is 13.6. The Kier molecular flexibility index (Phi) is 7.79. The number of nitriles is 1. The fourth-order valence-corrected chi connectivity index (χ4v) is 4.87. The lowest BCUT2D eigenvalue weighted by atomic mass is 10.1. The zero-order valence-corrected chi connectivity index (χ0v) is 20.8. The van der Waals surface area contributed by atoms with Crippen molar-refractivity contribution in [2.45, 2.75) is 19.9 Å². The summed E-state index contributed by atoms with van der Waals surface area (Å²) >= 11 is 1.11. The SMILES string of the molecule is CCOc1ccccc1/C=c1\s/c(=C(\C#N)C(=O)N[C@H](C)c2ccccc2)n(-c2ccccc2)c1=O. The Bertz CT molecular complexity index is 1580. The molecule has 7 heteroatoms. The first kappa shape index (κ1) is 24.7. The average molecular weight is 496 g/mol. The zero-order chi connectivity index (χ0) is 25.5. The van der Waals surface area contributed by atoms with Crippen molar-refractivity contribution in [3.05, 3.63) is 116 Å². The summed E-state index contributed by atoms with van der Waals surface area (Å²) < 4.78 is 7.78. The molecule has 1 N–H and O–H groups in total. The van der Waals surface area contributed by atoms with E-state index in [4.69, 9.17) is 4.74 Å². The van der Waals surface area contributed by atoms with Gasteiger partial charge >= 0.3 is 0 Å². The van der Waals surface area contributed by atoms with Crippen LogP contribution in [0.4, 0.5) is 0 Å². The average Bonchev–Trinajstić information content (AvgIpc) is 3.22. The fourth-order valence-electron chi connectivity index (χ4n) is 3.78. The van der Waals surface area contributed by atoms with E-state index >= 15 is 0 Å². The van der Waals surface area contributed by atoms with Crippen molar-refractivity contribution in [3.63, 3.8) is 0 Å². The summed E-state index contributed by atoms with van der Waals surface area (Å²) in [6.07, 6.45) is 1.74. The third-order valence-electron chi connectivity index (χ3n) is 5.54. The number of amides is 1. The molecular formula is C29H25N3O3S. The Hall–Kier alpha value is -4.41. The van der Waals surface area contributed by atoms with Gasteiger partial charge in [0.25, 0.3) is 11.5 Å². The van der Waals surface area contributed by atoms with Gasteiger partial charge < -0.3 is 10.1 Å². The minimum Gasteiger partial charge on any atom is -0.493 e. The number of hydrogen-bond acceptors (Lipinski definition) is 5. The molecule has 180 valence electrons. The van der Waals surface area contributed by atoms with Crippen molar-refractivity contribution < 1.29 is 9.53 Å². The molecule has 0 radical (unpaired) electrons. The van der Waals surface area contributed by atoms with Crippen LogP contribution in [-0.2, 0) is 4.79 Å². The molecule has 0 saturated carbocycles. The topological polar surface area (TPSA) is 84.1 Å². The highest BCUT2D eigenvalue weighted by Crippen LogP contribution is 2.18. The first-order chi connectivity index (χ1) is 17.5. The molecule has 0 unspecified atom stereocenters. The Morgan fingerprint density at radius 3 is 2.36 bits per heavy atom. The lowest BCUT2D eigenvalue weighted by Crippen LogP contribution is -2.34. The molecule has 3 aromatic carbocycles. The maximum absolute atomic E-state index is 13.6. The van der Waals surface area contributed by atoms with Crippen molar-refractivity contribution in [3.8, 4) is 17.5 Å². The largest absolute Gasteiger partial charge is 0.493 e. The molecule has 1 amide bonds. The van der Waals surface area contributed by atoms with Gasteiger partial charge in [-0.3, -0.25) is 14.2 Å². The number of rotatable bonds is 7. The summed E-state index contributed by atoms with van der Waals surface area (Å²) in [5.41, 5.74) is 1.79. The number of nitrogens with zero attached hydrogens (tertiary/aromatic N) is 2. The summed E-state index contributed by atoms with van der Waals surface area (Å²) in [5.74, 6) is 0.112. The third-order valence-corrected chi connectivity index (χ3v) is 6.64. The highest BCUT2D eigenvalue weighted by molar-refractivity contribution is 7.07. The van der Waals surface area contributed by atoms with Crippen molar-refractivity contribution in [1.29, 1.82) is 5.26 Å². The Morgan fingerprint density at radius 2 is 1.69 bits per heavy atom. The molecule has 1 aromatic heterocycles. The lowest BCUT2D eigenvalue weighted by molar-refractivity contribution is -0.116. The van der Waals surface area contributed by atoms with E-state index in [0.29, 0.717) is 22.6 Å². The maximum Gasteiger partial charge on any atom is 0.273 e. The molecule has 6 nitrogen and oxygen atoms in total. The Morgan fingerprint density at radius 1 is 1.06 bits per heavy atom. The van der Waals surface area contributed by atoms with Gasteiger partial charge in [0.2, 0.25) is 0 Å². The van der Waals surface area contributed by atoms with E-state index in [-0.39, 0.29) is 21.8 Å². The van der Waals surface area contributed by atoms with E-state index < -0.39 is 5.91 Å². The van der Waals surface area contributed by atoms with E-state index in [9.17, 15) is 14.9 Å². The molecular weight excluding hydrogens is 470 g/mol. The number of nitrogens with one attached hydrogen (secondary N) is 1. The van der Waals surface area contributed by atoms with Gasteiger partial charge in [0.05, 0.1) is 22.9 Å². The van der Waals surface area contributed by atoms with Crippen molar-refractivity contribution in [2.24, 2.45) is 0 Å². The van der Waals surface area contributed by atoms with E-state index in [1.807, 2.05) is 80.6 Å². The van der Waals surface area contributed by atoms with Crippen LogP contribution in [-0.4, -0.2) is 17.1 Å². The summed E-state index contributed by atoms with van der Waals surface area (Å²) in [4.78, 5) is 26.8. The molecule has 4 aromatic rings. The number of hydrogen-bond donors (Lipinski definition) is 1. The van der Waals surface area contributed by atoms with Crippen LogP contribution in [0, 0.1) is 11.3 Å². The van der Waals surface area contributed by atoms with Crippen LogP contribution in [0.25, 0.3) is 17.3 Å². The van der Waals surface area contributed by atoms with Gasteiger partial charge in [0.15, 0.2) is 5.57 Å².